The molecule has 0 fully saturated rings. The molecule has 0 saturated carbocycles. The summed E-state index contributed by atoms with van der Waals surface area (Å²) in [7, 11) is 1.58. The number of ether oxygens (including phenoxy) is 2. The van der Waals surface area contributed by atoms with Crippen molar-refractivity contribution in [2.24, 2.45) is 0 Å². The molecule has 0 aliphatic heterocycles. The van der Waals surface area contributed by atoms with Gasteiger partial charge in [-0.2, -0.15) is 13.2 Å². The van der Waals surface area contributed by atoms with E-state index in [1.807, 2.05) is 0 Å². The second-order valence-corrected chi connectivity index (χ2v) is 5.63. The van der Waals surface area contributed by atoms with Gasteiger partial charge in [0.05, 0.1) is 19.2 Å². The van der Waals surface area contributed by atoms with E-state index >= 15 is 0 Å². The van der Waals surface area contributed by atoms with Gasteiger partial charge in [-0.05, 0) is 48.5 Å². The van der Waals surface area contributed by atoms with Gasteiger partial charge in [0.15, 0.2) is 0 Å². The van der Waals surface area contributed by atoms with Crippen LogP contribution in [0.4, 0.5) is 18.9 Å². The number of carbonyl (C=O) groups is 1. The topological polar surface area (TPSA) is 59.6 Å². The number of rotatable bonds is 9. The Hall–Kier alpha value is -2.90. The molecule has 0 radical (unpaired) electrons. The molecule has 8 heteroatoms. The van der Waals surface area contributed by atoms with Gasteiger partial charge in [0.1, 0.15) is 18.1 Å². The van der Waals surface area contributed by atoms with Crippen LogP contribution in [0.2, 0.25) is 0 Å². The smallest absolute Gasteiger partial charge is 0.416 e. The Bertz CT molecular complexity index is 716. The van der Waals surface area contributed by atoms with Crippen LogP contribution in [-0.2, 0) is 11.0 Å². The van der Waals surface area contributed by atoms with E-state index in [0.29, 0.717) is 31.1 Å². The molecule has 146 valence electrons. The molecule has 0 heterocycles. The van der Waals surface area contributed by atoms with Crippen molar-refractivity contribution in [1.82, 2.24) is 5.32 Å². The third-order valence-corrected chi connectivity index (χ3v) is 3.65. The Labute approximate surface area is 155 Å². The average molecular weight is 382 g/mol. The maximum absolute atomic E-state index is 12.5. The summed E-state index contributed by atoms with van der Waals surface area (Å²) in [5.74, 6) is 1.23. The molecule has 27 heavy (non-hydrogen) atoms. The molecule has 0 bridgehead atoms. The molecule has 0 unspecified atom stereocenters. The molecule has 0 saturated heterocycles. The first-order valence-electron chi connectivity index (χ1n) is 8.33. The minimum absolute atomic E-state index is 0.173. The second kappa shape index (κ2) is 9.70. The first kappa shape index (κ1) is 20.4. The van der Waals surface area contributed by atoms with Crippen molar-refractivity contribution < 1.29 is 27.4 Å². The fraction of sp³-hybridized carbons (Fsp3) is 0.316. The zero-order valence-electron chi connectivity index (χ0n) is 14.8. The number of alkyl halides is 3. The first-order chi connectivity index (χ1) is 12.9. The van der Waals surface area contributed by atoms with Gasteiger partial charge in [-0.25, -0.2) is 0 Å². The van der Waals surface area contributed by atoms with Crippen molar-refractivity contribution in [1.29, 1.82) is 0 Å². The SMILES string of the molecule is COc1ccc(OCCNC(=O)CCNc2ccc(C(F)(F)F)cc2)cc1. The zero-order chi connectivity index (χ0) is 19.7. The number of methoxy groups -OCH3 is 1. The molecule has 0 spiro atoms. The van der Waals surface area contributed by atoms with Crippen LogP contribution in [0.5, 0.6) is 11.5 Å². The minimum atomic E-state index is -4.35. The van der Waals surface area contributed by atoms with Crippen molar-refractivity contribution >= 4 is 11.6 Å². The normalized spacial score (nSPS) is 11.0. The van der Waals surface area contributed by atoms with Gasteiger partial charge in [0, 0.05) is 18.7 Å². The Balaban J connectivity index is 1.60. The summed E-state index contributed by atoms with van der Waals surface area (Å²) >= 11 is 0. The van der Waals surface area contributed by atoms with Gasteiger partial charge in [-0.1, -0.05) is 0 Å². The maximum atomic E-state index is 12.5. The number of nitrogens with one attached hydrogen (secondary N) is 2. The van der Waals surface area contributed by atoms with Crippen LogP contribution in [0.25, 0.3) is 0 Å². The van der Waals surface area contributed by atoms with Crippen molar-refractivity contribution in [3.05, 3.63) is 54.1 Å². The van der Waals surface area contributed by atoms with E-state index in [0.717, 1.165) is 17.9 Å². The van der Waals surface area contributed by atoms with Crippen LogP contribution in [0.1, 0.15) is 12.0 Å². The fourth-order valence-electron chi connectivity index (χ4n) is 2.22. The van der Waals surface area contributed by atoms with Crippen LogP contribution in [0.15, 0.2) is 48.5 Å². The van der Waals surface area contributed by atoms with E-state index in [2.05, 4.69) is 10.6 Å². The molecule has 2 aromatic rings. The minimum Gasteiger partial charge on any atom is -0.497 e. The monoisotopic (exact) mass is 382 g/mol. The number of benzene rings is 2. The van der Waals surface area contributed by atoms with Crippen molar-refractivity contribution in [3.8, 4) is 11.5 Å². The lowest BCUT2D eigenvalue weighted by Gasteiger charge is -2.10. The third kappa shape index (κ3) is 7.08. The Morgan fingerprint density at radius 1 is 0.963 bits per heavy atom. The van der Waals surface area contributed by atoms with E-state index in [1.165, 1.54) is 12.1 Å². The number of hydrogen-bond donors (Lipinski definition) is 2. The van der Waals surface area contributed by atoms with Gasteiger partial charge in [-0.3, -0.25) is 4.79 Å². The van der Waals surface area contributed by atoms with Crippen molar-refractivity contribution in [2.75, 3.05) is 32.1 Å². The van der Waals surface area contributed by atoms with E-state index < -0.39 is 11.7 Å². The highest BCUT2D eigenvalue weighted by molar-refractivity contribution is 5.76. The lowest BCUT2D eigenvalue weighted by molar-refractivity contribution is -0.137. The first-order valence-corrected chi connectivity index (χ1v) is 8.33. The van der Waals surface area contributed by atoms with Gasteiger partial charge >= 0.3 is 6.18 Å². The summed E-state index contributed by atoms with van der Waals surface area (Å²) in [4.78, 5) is 11.7. The molecule has 1 amide bonds. The summed E-state index contributed by atoms with van der Waals surface area (Å²) in [5.41, 5.74) is -0.179. The molecular weight excluding hydrogens is 361 g/mol. The Morgan fingerprint density at radius 2 is 1.59 bits per heavy atom. The molecule has 2 aromatic carbocycles. The van der Waals surface area contributed by atoms with Crippen LogP contribution < -0.4 is 20.1 Å². The van der Waals surface area contributed by atoms with Crippen molar-refractivity contribution in [3.63, 3.8) is 0 Å². The second-order valence-electron chi connectivity index (χ2n) is 5.63. The van der Waals surface area contributed by atoms with E-state index in [9.17, 15) is 18.0 Å². The number of carbonyl (C=O) groups excluding carboxylic acids is 1. The van der Waals surface area contributed by atoms with Crippen LogP contribution >= 0.6 is 0 Å². The fourth-order valence-corrected chi connectivity index (χ4v) is 2.22. The summed E-state index contributed by atoms with van der Waals surface area (Å²) in [6, 6.07) is 11.8. The standard InChI is InChI=1S/C19H21F3N2O3/c1-26-16-6-8-17(9-7-16)27-13-12-24-18(25)10-11-23-15-4-2-14(3-5-15)19(20,21)22/h2-9,23H,10-13H2,1H3,(H,24,25). The van der Waals surface area contributed by atoms with Crippen LogP contribution in [0, 0.1) is 0 Å². The molecular formula is C19H21F3N2O3. The van der Waals surface area contributed by atoms with E-state index in [4.69, 9.17) is 9.47 Å². The lowest BCUT2D eigenvalue weighted by atomic mass is 10.2. The molecule has 0 aliphatic carbocycles. The highest BCUT2D eigenvalue weighted by atomic mass is 19.4. The van der Waals surface area contributed by atoms with Gasteiger partial charge in [-0.15, -0.1) is 0 Å². The average Bonchev–Trinajstić information content (AvgIpc) is 2.65. The predicted molar refractivity (Wildman–Crippen MR) is 96.0 cm³/mol. The van der Waals surface area contributed by atoms with Gasteiger partial charge < -0.3 is 20.1 Å². The molecule has 5 nitrogen and oxygen atoms in total. The van der Waals surface area contributed by atoms with Crippen LogP contribution in [-0.4, -0.2) is 32.7 Å². The summed E-state index contributed by atoms with van der Waals surface area (Å²) < 4.78 is 48.0. The Morgan fingerprint density at radius 3 is 2.19 bits per heavy atom. The largest absolute Gasteiger partial charge is 0.497 e. The van der Waals surface area contributed by atoms with Gasteiger partial charge in [0.2, 0.25) is 5.91 Å². The number of hydrogen-bond acceptors (Lipinski definition) is 4. The summed E-state index contributed by atoms with van der Waals surface area (Å²) in [6.45, 7) is 0.992. The lowest BCUT2D eigenvalue weighted by Crippen LogP contribution is -2.29. The quantitative estimate of drug-likeness (QED) is 0.649. The van der Waals surface area contributed by atoms with E-state index in [1.54, 1.807) is 31.4 Å². The third-order valence-electron chi connectivity index (χ3n) is 3.65. The molecule has 2 rings (SSSR count). The molecule has 0 atom stereocenters. The van der Waals surface area contributed by atoms with Crippen LogP contribution in [0.3, 0.4) is 0 Å². The zero-order valence-corrected chi connectivity index (χ0v) is 14.8. The number of halogens is 3. The molecule has 0 aromatic heterocycles. The highest BCUT2D eigenvalue weighted by Gasteiger charge is 2.29. The number of amides is 1. The molecule has 2 N–H and O–H groups in total. The van der Waals surface area contributed by atoms with Gasteiger partial charge in [0.25, 0.3) is 0 Å². The molecule has 0 aliphatic rings. The highest BCUT2D eigenvalue weighted by Crippen LogP contribution is 2.29. The van der Waals surface area contributed by atoms with E-state index in [-0.39, 0.29) is 12.3 Å². The maximum Gasteiger partial charge on any atom is 0.416 e. The summed E-state index contributed by atoms with van der Waals surface area (Å²) in [6.07, 6.45) is -4.16. The van der Waals surface area contributed by atoms with Crippen molar-refractivity contribution in [2.45, 2.75) is 12.6 Å². The number of anilines is 1. The predicted octanol–water partition coefficient (Wildman–Crippen LogP) is 3.71. The Kier molecular flexibility index (Phi) is 7.34. The summed E-state index contributed by atoms with van der Waals surface area (Å²) in [5, 5.41) is 5.62.